The maximum absolute atomic E-state index is 12.0. The minimum Gasteiger partial charge on any atom is -0.450 e. The molecule has 0 bridgehead atoms. The summed E-state index contributed by atoms with van der Waals surface area (Å²) in [5, 5.41) is 6.13. The summed E-state index contributed by atoms with van der Waals surface area (Å²) in [6, 6.07) is 0.200. The smallest absolute Gasteiger partial charge is 0.409 e. The Balaban J connectivity index is 1.77. The van der Waals surface area contributed by atoms with E-state index in [-0.39, 0.29) is 18.0 Å². The second-order valence-corrected chi connectivity index (χ2v) is 6.84. The van der Waals surface area contributed by atoms with E-state index in [1.165, 1.54) is 12.4 Å². The zero-order valence-electron chi connectivity index (χ0n) is 15.8. The van der Waals surface area contributed by atoms with Crippen LogP contribution in [0.4, 0.5) is 10.7 Å². The predicted octanol–water partition coefficient (Wildman–Crippen LogP) is 2.29. The fourth-order valence-electron chi connectivity index (χ4n) is 2.70. The van der Waals surface area contributed by atoms with Gasteiger partial charge in [-0.05, 0) is 32.1 Å². The highest BCUT2D eigenvalue weighted by Gasteiger charge is 2.23. The Labute approximate surface area is 154 Å². The highest BCUT2D eigenvalue weighted by atomic mass is 16.6. The lowest BCUT2D eigenvalue weighted by Gasteiger charge is -2.31. The van der Waals surface area contributed by atoms with Gasteiger partial charge < -0.3 is 20.3 Å². The number of hydrogen-bond donors (Lipinski definition) is 2. The van der Waals surface area contributed by atoms with Gasteiger partial charge in [-0.1, -0.05) is 13.8 Å². The van der Waals surface area contributed by atoms with Gasteiger partial charge in [0.2, 0.25) is 5.95 Å². The number of rotatable bonds is 7. The molecule has 0 aromatic carbocycles. The van der Waals surface area contributed by atoms with Gasteiger partial charge in [-0.2, -0.15) is 0 Å². The monoisotopic (exact) mass is 363 g/mol. The van der Waals surface area contributed by atoms with E-state index in [0.29, 0.717) is 43.7 Å². The third-order valence-corrected chi connectivity index (χ3v) is 4.28. The molecule has 0 atom stereocenters. The van der Waals surface area contributed by atoms with E-state index in [4.69, 9.17) is 4.74 Å². The van der Waals surface area contributed by atoms with Crippen molar-refractivity contribution in [2.24, 2.45) is 5.92 Å². The van der Waals surface area contributed by atoms with Gasteiger partial charge in [-0.15, -0.1) is 0 Å². The molecule has 0 spiro atoms. The molecule has 0 unspecified atom stereocenters. The number of hydrogen-bond acceptors (Lipinski definition) is 6. The average Bonchev–Trinajstić information content (AvgIpc) is 2.63. The highest BCUT2D eigenvalue weighted by molar-refractivity contribution is 5.93. The van der Waals surface area contributed by atoms with Gasteiger partial charge in [0.1, 0.15) is 0 Å². The fraction of sp³-hybridized carbons (Fsp3) is 0.667. The molecular formula is C18H29N5O3. The summed E-state index contributed by atoms with van der Waals surface area (Å²) in [7, 11) is 0. The van der Waals surface area contributed by atoms with E-state index in [9.17, 15) is 9.59 Å². The first-order valence-corrected chi connectivity index (χ1v) is 9.28. The number of nitrogens with zero attached hydrogens (tertiary/aromatic N) is 3. The summed E-state index contributed by atoms with van der Waals surface area (Å²) in [4.78, 5) is 33.9. The second kappa shape index (κ2) is 9.94. The van der Waals surface area contributed by atoms with Crippen LogP contribution in [0.25, 0.3) is 0 Å². The molecule has 1 fully saturated rings. The van der Waals surface area contributed by atoms with Crippen LogP contribution in [0, 0.1) is 5.92 Å². The van der Waals surface area contributed by atoms with Gasteiger partial charge in [0, 0.05) is 38.1 Å². The lowest BCUT2D eigenvalue weighted by Crippen LogP contribution is -2.42. The minimum atomic E-state index is -0.255. The number of carbonyl (C=O) groups is 2. The van der Waals surface area contributed by atoms with Crippen LogP contribution in [-0.2, 0) is 4.74 Å². The van der Waals surface area contributed by atoms with Crippen LogP contribution in [0.1, 0.15) is 50.4 Å². The zero-order valence-corrected chi connectivity index (χ0v) is 15.8. The molecule has 1 aromatic rings. The maximum atomic E-state index is 12.0. The fourth-order valence-corrected chi connectivity index (χ4v) is 2.70. The van der Waals surface area contributed by atoms with Crippen LogP contribution in [0.2, 0.25) is 0 Å². The van der Waals surface area contributed by atoms with Crippen LogP contribution in [-0.4, -0.2) is 59.2 Å². The van der Waals surface area contributed by atoms with E-state index >= 15 is 0 Å². The zero-order chi connectivity index (χ0) is 18.9. The van der Waals surface area contributed by atoms with Crippen LogP contribution in [0.15, 0.2) is 12.4 Å². The topological polar surface area (TPSA) is 96.5 Å². The quantitative estimate of drug-likeness (QED) is 0.771. The number of nitrogens with one attached hydrogen (secondary N) is 2. The summed E-state index contributed by atoms with van der Waals surface area (Å²) in [6.45, 7) is 8.37. The van der Waals surface area contributed by atoms with E-state index in [1.807, 2.05) is 0 Å². The Kier molecular flexibility index (Phi) is 7.62. The van der Waals surface area contributed by atoms with Crippen molar-refractivity contribution in [2.45, 2.75) is 46.1 Å². The van der Waals surface area contributed by atoms with Crippen molar-refractivity contribution in [3.8, 4) is 0 Å². The van der Waals surface area contributed by atoms with E-state index in [0.717, 1.165) is 19.3 Å². The molecule has 1 saturated heterocycles. The molecular weight excluding hydrogens is 334 g/mol. The standard InChI is InChI=1S/C18H29N5O3/c1-4-26-18(25)23-9-6-15(7-10-23)22-17-20-11-14(12-21-17)16(24)19-8-5-13(2)3/h11-13,15H,4-10H2,1-3H3,(H,19,24)(H,20,21,22). The van der Waals surface area contributed by atoms with Crippen molar-refractivity contribution in [2.75, 3.05) is 31.6 Å². The minimum absolute atomic E-state index is 0.153. The Morgan fingerprint density at radius 3 is 2.50 bits per heavy atom. The highest BCUT2D eigenvalue weighted by Crippen LogP contribution is 2.15. The second-order valence-electron chi connectivity index (χ2n) is 6.84. The molecule has 26 heavy (non-hydrogen) atoms. The normalized spacial score (nSPS) is 15.0. The first kappa shape index (κ1) is 19.9. The van der Waals surface area contributed by atoms with Crippen LogP contribution in [0.3, 0.4) is 0 Å². The van der Waals surface area contributed by atoms with Crippen LogP contribution >= 0.6 is 0 Å². The Bertz CT molecular complexity index is 583. The van der Waals surface area contributed by atoms with Crippen molar-refractivity contribution >= 4 is 17.9 Å². The van der Waals surface area contributed by atoms with Crippen molar-refractivity contribution in [3.63, 3.8) is 0 Å². The molecule has 8 heteroatoms. The first-order valence-electron chi connectivity index (χ1n) is 9.28. The predicted molar refractivity (Wildman–Crippen MR) is 99.1 cm³/mol. The van der Waals surface area contributed by atoms with Gasteiger partial charge in [0.05, 0.1) is 12.2 Å². The summed E-state index contributed by atoms with van der Waals surface area (Å²) in [5.41, 5.74) is 0.455. The first-order chi connectivity index (χ1) is 12.5. The number of amides is 2. The van der Waals surface area contributed by atoms with Gasteiger partial charge >= 0.3 is 6.09 Å². The number of piperidine rings is 1. The largest absolute Gasteiger partial charge is 0.450 e. The SMILES string of the molecule is CCOC(=O)N1CCC(Nc2ncc(C(=O)NCCC(C)C)cn2)CC1. The molecule has 0 aliphatic carbocycles. The summed E-state index contributed by atoms with van der Waals surface area (Å²) >= 11 is 0. The Hall–Kier alpha value is -2.38. The number of aromatic nitrogens is 2. The molecule has 2 rings (SSSR count). The number of carbonyl (C=O) groups excluding carboxylic acids is 2. The molecule has 0 saturated carbocycles. The maximum Gasteiger partial charge on any atom is 0.409 e. The van der Waals surface area contributed by atoms with Crippen molar-refractivity contribution in [3.05, 3.63) is 18.0 Å². The van der Waals surface area contributed by atoms with Crippen molar-refractivity contribution < 1.29 is 14.3 Å². The molecule has 2 heterocycles. The molecule has 1 aliphatic heterocycles. The van der Waals surface area contributed by atoms with E-state index in [2.05, 4.69) is 34.4 Å². The lowest BCUT2D eigenvalue weighted by atomic mass is 10.1. The van der Waals surface area contributed by atoms with Gasteiger partial charge in [-0.3, -0.25) is 4.79 Å². The summed E-state index contributed by atoms with van der Waals surface area (Å²) in [5.74, 6) is 0.895. The van der Waals surface area contributed by atoms with Crippen molar-refractivity contribution in [1.82, 2.24) is 20.2 Å². The Morgan fingerprint density at radius 1 is 1.27 bits per heavy atom. The molecule has 1 aliphatic rings. The number of ether oxygens (including phenoxy) is 1. The van der Waals surface area contributed by atoms with Gasteiger partial charge in [0.15, 0.2) is 0 Å². The van der Waals surface area contributed by atoms with E-state index in [1.54, 1.807) is 11.8 Å². The lowest BCUT2D eigenvalue weighted by molar-refractivity contribution is 0.0950. The van der Waals surface area contributed by atoms with Crippen molar-refractivity contribution in [1.29, 1.82) is 0 Å². The number of likely N-dealkylation sites (tertiary alicyclic amines) is 1. The summed E-state index contributed by atoms with van der Waals surface area (Å²) in [6.07, 6.45) is 5.37. The van der Waals surface area contributed by atoms with Crippen LogP contribution in [0.5, 0.6) is 0 Å². The third kappa shape index (κ3) is 6.16. The summed E-state index contributed by atoms with van der Waals surface area (Å²) < 4.78 is 5.02. The molecule has 0 radical (unpaired) electrons. The number of anilines is 1. The molecule has 2 amide bonds. The van der Waals surface area contributed by atoms with E-state index < -0.39 is 0 Å². The third-order valence-electron chi connectivity index (χ3n) is 4.28. The molecule has 144 valence electrons. The van der Waals surface area contributed by atoms with Gasteiger partial charge in [0.25, 0.3) is 5.91 Å². The molecule has 8 nitrogen and oxygen atoms in total. The average molecular weight is 363 g/mol. The van der Waals surface area contributed by atoms with Crippen LogP contribution < -0.4 is 10.6 Å². The van der Waals surface area contributed by atoms with Gasteiger partial charge in [-0.25, -0.2) is 14.8 Å². The molecule has 1 aromatic heterocycles. The Morgan fingerprint density at radius 2 is 1.92 bits per heavy atom. The molecule has 2 N–H and O–H groups in total.